The van der Waals surface area contributed by atoms with Crippen LogP contribution >= 0.6 is 0 Å². The first-order valence-electron chi connectivity index (χ1n) is 28.6. The zero-order chi connectivity index (χ0) is 60.9. The van der Waals surface area contributed by atoms with E-state index in [1.807, 2.05) is 24.3 Å². The number of primary amides is 2. The molecule has 2 atom stereocenters. The van der Waals surface area contributed by atoms with E-state index in [1.165, 1.54) is 12.8 Å². The summed E-state index contributed by atoms with van der Waals surface area (Å²) >= 11 is 0. The van der Waals surface area contributed by atoms with Crippen molar-refractivity contribution in [2.24, 2.45) is 11.5 Å². The number of aromatic nitrogens is 6. The summed E-state index contributed by atoms with van der Waals surface area (Å²) < 4.78 is 19.6. The molecule has 0 saturated heterocycles. The molecule has 2 aliphatic carbocycles. The third-order valence-corrected chi connectivity index (χ3v) is 16.1. The quantitative estimate of drug-likeness (QED) is 0.0330. The molecule has 0 aliphatic heterocycles. The Bertz CT molecular complexity index is 4270. The Balaban J connectivity index is 0.000000225. The van der Waals surface area contributed by atoms with E-state index in [0.29, 0.717) is 73.0 Å². The molecule has 0 unspecified atom stereocenters. The second-order valence-corrected chi connectivity index (χ2v) is 21.8. The number of hydrogen-bond acceptors (Lipinski definition) is 13. The number of nitrogens with two attached hydrogens (primary N) is 3. The third kappa shape index (κ3) is 14.5. The largest absolute Gasteiger partial charge is 0.693 e. The standard InChI is InChI=1S/C32H32N6O6.C31H31N7O5.H2N.2W/c1-43-32(42)31(41)35-21-8-9-24-23(15-21)20(16-34-24)14-26(28(33)39)37-30(40)18-7-10-27-25(13-18)36-29(19-11-12-44-17-19)38(27)22-5-3-2-4-6-22;32-27(39)25(13-19-15-34-23-8-7-20(14-22(19)23)35-31(42)28(33)40)37-30(41)17-6-9-26-24(12-17)36-29(18-10-11-43-16-18)38(26)21-4-2-1-3-5-21;;;/h7-13,15-17,22,26,34H,2-6,14H2,1H3,(H2,33,39)(H,35,41)(H,37,40);6-12,14-16,21,25H,1-5,13H2,(H7,32,33,34,35,37,39,40,41,42);1H2;;/q;;-1;;/p-1/t26-;25-;;;/m00.../s1. The van der Waals surface area contributed by atoms with Gasteiger partial charge in [-0.2, -0.15) is 0 Å². The molecule has 27 heteroatoms. The summed E-state index contributed by atoms with van der Waals surface area (Å²) in [7, 11) is 1.12. The average molecular weight is 1560 g/mol. The molecule has 10 aromatic rings. The molecular weight excluding hydrogens is 1500 g/mol. The fraction of sp³-hybridized carbons (Fsp3) is 0.270. The molecule has 6 heterocycles. The van der Waals surface area contributed by atoms with E-state index in [-0.39, 0.29) is 61.1 Å². The van der Waals surface area contributed by atoms with Crippen molar-refractivity contribution in [3.63, 3.8) is 0 Å². The van der Waals surface area contributed by atoms with Crippen molar-refractivity contribution < 1.29 is 94.1 Å². The number of fused-ring (bicyclic) bond motifs is 4. The average Bonchev–Trinajstić information content (AvgIpc) is 1.68. The van der Waals surface area contributed by atoms with E-state index >= 15 is 0 Å². The second kappa shape index (κ2) is 29.2. The van der Waals surface area contributed by atoms with Crippen molar-refractivity contribution >= 4 is 103 Å². The Morgan fingerprint density at radius 3 is 1.40 bits per heavy atom. The van der Waals surface area contributed by atoms with Crippen molar-refractivity contribution in [3.8, 4) is 22.8 Å². The first-order chi connectivity index (χ1) is 42.1. The topological polar surface area (TPSA) is 397 Å². The fourth-order valence-corrected chi connectivity index (χ4v) is 11.8. The predicted molar refractivity (Wildman–Crippen MR) is 328 cm³/mol. The molecule has 90 heavy (non-hydrogen) atoms. The first-order valence-corrected chi connectivity index (χ1v) is 28.6. The first kappa shape index (κ1) is 66.5. The van der Waals surface area contributed by atoms with E-state index in [2.05, 4.69) is 45.1 Å². The smallest absolute Gasteiger partial charge is 0.396 e. The number of hydrogen-bond donors (Lipinski definition) is 8. The summed E-state index contributed by atoms with van der Waals surface area (Å²) in [4.78, 5) is 114. The number of furan rings is 2. The minimum Gasteiger partial charge on any atom is -0.693 e. The van der Waals surface area contributed by atoms with Crippen LogP contribution in [0.5, 0.6) is 0 Å². The van der Waals surface area contributed by atoms with E-state index < -0.39 is 59.4 Å². The van der Waals surface area contributed by atoms with Gasteiger partial charge in [0.1, 0.15) is 42.2 Å². The van der Waals surface area contributed by atoms with Crippen molar-refractivity contribution in [2.75, 3.05) is 17.7 Å². The van der Waals surface area contributed by atoms with Crippen molar-refractivity contribution in [1.29, 1.82) is 0 Å². The number of carbonyl (C=O) groups excluding carboxylic acids is 8. The Morgan fingerprint density at radius 2 is 1.02 bits per heavy atom. The van der Waals surface area contributed by atoms with Crippen LogP contribution in [0.4, 0.5) is 11.4 Å². The Morgan fingerprint density at radius 1 is 0.600 bits per heavy atom. The molecule has 7 amide bonds. The number of aromatic amines is 2. The molecule has 4 aromatic carbocycles. The van der Waals surface area contributed by atoms with Crippen LogP contribution in [0, 0.1) is 0 Å². The molecule has 0 bridgehead atoms. The van der Waals surface area contributed by atoms with Gasteiger partial charge in [-0.05, 0) is 122 Å². The van der Waals surface area contributed by atoms with Crippen LogP contribution in [-0.4, -0.2) is 95.6 Å². The molecule has 25 nitrogen and oxygen atoms in total. The van der Waals surface area contributed by atoms with Crippen molar-refractivity contribution in [3.05, 3.63) is 157 Å². The van der Waals surface area contributed by atoms with E-state index in [9.17, 15) is 38.4 Å². The molecule has 2 fully saturated rings. The van der Waals surface area contributed by atoms with Gasteiger partial charge in [-0.15, -0.1) is 0 Å². The Labute approximate surface area is 542 Å². The number of esters is 1. The summed E-state index contributed by atoms with van der Waals surface area (Å²) in [5, 5.41) is 11.7. The van der Waals surface area contributed by atoms with Gasteiger partial charge in [0.05, 0.1) is 52.8 Å². The zero-order valence-electron chi connectivity index (χ0n) is 48.7. The van der Waals surface area contributed by atoms with Gasteiger partial charge in [-0.3, -0.25) is 28.8 Å². The van der Waals surface area contributed by atoms with Crippen LogP contribution in [-0.2, 0) is 88.5 Å². The number of H-pyrrole nitrogens is 2. The minimum absolute atomic E-state index is 0. The molecule has 2 aliphatic rings. The van der Waals surface area contributed by atoms with Gasteiger partial charge in [0.2, 0.25) is 11.8 Å². The van der Waals surface area contributed by atoms with Crippen LogP contribution in [0.2, 0.25) is 0 Å². The van der Waals surface area contributed by atoms with Crippen LogP contribution in [0.1, 0.15) is 108 Å². The van der Waals surface area contributed by atoms with Gasteiger partial charge >= 0.3 is 11.9 Å². The molecular formula is C63H64N14O11W2-2. The summed E-state index contributed by atoms with van der Waals surface area (Å²) in [6, 6.07) is 22.9. The van der Waals surface area contributed by atoms with E-state index in [4.69, 9.17) is 36.0 Å². The summed E-state index contributed by atoms with van der Waals surface area (Å²) in [5.74, 6) is -5.09. The summed E-state index contributed by atoms with van der Waals surface area (Å²) in [6.07, 6.45) is 21.5. The van der Waals surface area contributed by atoms with Gasteiger partial charge in [-0.25, -0.2) is 14.8 Å². The van der Waals surface area contributed by atoms with E-state index in [1.54, 1.807) is 98.1 Å². The minimum atomic E-state index is -1.36. The maximum absolute atomic E-state index is 13.4. The van der Waals surface area contributed by atoms with E-state index in [0.717, 1.165) is 97.8 Å². The van der Waals surface area contributed by atoms with Gasteiger partial charge < -0.3 is 82.1 Å². The molecule has 13 N–H and O–H groups in total. The molecule has 0 spiro atoms. The Kier molecular flexibility index (Phi) is 21.6. The number of nitrogens with one attached hydrogen (secondary N) is 7. The summed E-state index contributed by atoms with van der Waals surface area (Å²) in [5.41, 5.74) is 27.5. The van der Waals surface area contributed by atoms with Gasteiger partial charge in [0, 0.05) is 124 Å². The number of nitrogens with zero attached hydrogens (tertiary/aromatic N) is 4. The van der Waals surface area contributed by atoms with Crippen LogP contribution in [0.3, 0.4) is 0 Å². The normalized spacial score (nSPS) is 14.0. The fourth-order valence-electron chi connectivity index (χ4n) is 11.8. The molecule has 0 radical (unpaired) electrons. The van der Waals surface area contributed by atoms with Crippen LogP contribution < -0.4 is 32.7 Å². The number of imidazole rings is 2. The monoisotopic (exact) mass is 1560 g/mol. The maximum Gasteiger partial charge on any atom is 0.396 e. The third-order valence-electron chi connectivity index (χ3n) is 16.1. The summed E-state index contributed by atoms with van der Waals surface area (Å²) in [6.45, 7) is 0. The second-order valence-electron chi connectivity index (χ2n) is 21.8. The van der Waals surface area contributed by atoms with Gasteiger partial charge in [-0.1, -0.05) is 38.5 Å². The molecule has 2 saturated carbocycles. The number of methoxy groups -OCH3 is 1. The number of carbonyl (C=O) groups is 8. The number of benzene rings is 4. The number of amides is 7. The predicted octanol–water partition coefficient (Wildman–Crippen LogP) is 9.56. The van der Waals surface area contributed by atoms with Crippen LogP contribution in [0.15, 0.2) is 131 Å². The zero-order valence-corrected chi connectivity index (χ0v) is 54.5. The molecule has 6 aromatic heterocycles. The maximum atomic E-state index is 13.4. The SMILES string of the molecule is COC(=O)C(=O)Nc1ccc2[nH]cc(C[C@H](NC(=O)c3ccc4c(c3)nc(-c3ccoc3)n4C3CCCCC3)C(N)=O)c2c1.[NH-]C(=O)C(=O)Nc1ccc2[nH]cc(C[C@H](NC(=O)c3ccc4c(c3)nc(-c3ccoc3)n4C3CCCCC3)C(N)=O)c2c1.[NH2-].[W].[W]. The van der Waals surface area contributed by atoms with Gasteiger partial charge in [0.15, 0.2) is 0 Å². The molecule has 12 rings (SSSR count). The Hall–Kier alpha value is -9.44. The number of anilines is 2. The van der Waals surface area contributed by atoms with Crippen molar-refractivity contribution in [1.82, 2.24) is 39.7 Å². The number of ether oxygens (including phenoxy) is 1. The van der Waals surface area contributed by atoms with Gasteiger partial charge in [0.25, 0.3) is 17.7 Å². The van der Waals surface area contributed by atoms with Crippen LogP contribution in [0.25, 0.3) is 78.5 Å². The van der Waals surface area contributed by atoms with Crippen molar-refractivity contribution in [2.45, 2.75) is 101 Å². The number of rotatable bonds is 16. The molecule has 466 valence electrons.